The van der Waals surface area contributed by atoms with Crippen LogP contribution in [0.4, 0.5) is 0 Å². The Bertz CT molecular complexity index is 795. The summed E-state index contributed by atoms with van der Waals surface area (Å²) in [6, 6.07) is 0. The molecular weight excluding hydrogens is 380 g/mol. The molecule has 0 saturated heterocycles. The number of ether oxygens (including phenoxy) is 2. The van der Waals surface area contributed by atoms with Gasteiger partial charge in [0.1, 0.15) is 0 Å². The molecular formula is C21H22O8. The largest absolute Gasteiger partial charge is 0.478 e. The van der Waals surface area contributed by atoms with Gasteiger partial charge < -0.3 is 19.7 Å². The molecule has 0 heterocycles. The fourth-order valence-corrected chi connectivity index (χ4v) is 1.79. The number of esters is 2. The van der Waals surface area contributed by atoms with E-state index in [4.69, 9.17) is 9.47 Å². The van der Waals surface area contributed by atoms with Crippen LogP contribution in [0.1, 0.15) is 6.92 Å². The second-order valence-electron chi connectivity index (χ2n) is 5.12. The molecule has 0 radical (unpaired) electrons. The van der Waals surface area contributed by atoms with Gasteiger partial charge in [0.2, 0.25) is 12.2 Å². The molecule has 0 aliphatic heterocycles. The van der Waals surface area contributed by atoms with Gasteiger partial charge in [-0.3, -0.25) is 0 Å². The monoisotopic (exact) mass is 402 g/mol. The molecule has 0 aromatic rings. The molecule has 0 aromatic carbocycles. The summed E-state index contributed by atoms with van der Waals surface area (Å²) in [6.07, 6.45) is 7.28. The van der Waals surface area contributed by atoms with Gasteiger partial charge in [-0.1, -0.05) is 56.2 Å². The summed E-state index contributed by atoms with van der Waals surface area (Å²) >= 11 is 0. The summed E-state index contributed by atoms with van der Waals surface area (Å²) < 4.78 is 9.57. The van der Waals surface area contributed by atoms with E-state index in [-0.39, 0.29) is 11.1 Å². The third-order valence-electron chi connectivity index (χ3n) is 3.13. The average molecular weight is 402 g/mol. The highest BCUT2D eigenvalue weighted by atomic mass is 16.6. The Morgan fingerprint density at radius 3 is 1.52 bits per heavy atom. The lowest BCUT2D eigenvalue weighted by atomic mass is 10.1. The minimum atomic E-state index is -2.30. The second kappa shape index (κ2) is 13.3. The fraction of sp³-hybridized carbons (Fsp3) is 0.143. The van der Waals surface area contributed by atoms with Crippen LogP contribution >= 0.6 is 0 Å². The van der Waals surface area contributed by atoms with E-state index in [0.29, 0.717) is 0 Å². The van der Waals surface area contributed by atoms with Crippen molar-refractivity contribution in [1.82, 2.24) is 0 Å². The van der Waals surface area contributed by atoms with Crippen molar-refractivity contribution in [2.75, 3.05) is 0 Å². The first kappa shape index (κ1) is 25.1. The third kappa shape index (κ3) is 8.53. The Balaban J connectivity index is 5.77. The molecule has 8 nitrogen and oxygen atoms in total. The SMILES string of the molecule is C=C/C=C\C(=C/C)C(=O)OC(C(=O)O)C(OC(=O)C(/C=C\C=C)=C/C=C)C(=O)O. The topological polar surface area (TPSA) is 127 Å². The number of carbonyl (C=O) groups excluding carboxylic acids is 2. The molecule has 0 aliphatic carbocycles. The Morgan fingerprint density at radius 2 is 1.17 bits per heavy atom. The van der Waals surface area contributed by atoms with E-state index in [0.717, 1.165) is 0 Å². The van der Waals surface area contributed by atoms with Crippen LogP contribution in [0.15, 0.2) is 85.6 Å². The molecule has 154 valence electrons. The molecule has 0 spiro atoms. The van der Waals surface area contributed by atoms with Crippen LogP contribution in [0.3, 0.4) is 0 Å². The average Bonchev–Trinajstić information content (AvgIpc) is 2.67. The summed E-state index contributed by atoms with van der Waals surface area (Å²) in [4.78, 5) is 47.4. The van der Waals surface area contributed by atoms with Crippen molar-refractivity contribution in [3.8, 4) is 0 Å². The predicted molar refractivity (Wildman–Crippen MR) is 106 cm³/mol. The van der Waals surface area contributed by atoms with E-state index in [1.54, 1.807) is 0 Å². The van der Waals surface area contributed by atoms with Crippen LogP contribution in [0, 0.1) is 0 Å². The van der Waals surface area contributed by atoms with E-state index in [1.807, 2.05) is 0 Å². The number of carbonyl (C=O) groups is 4. The second-order valence-corrected chi connectivity index (χ2v) is 5.12. The molecule has 0 rings (SSSR count). The molecule has 2 atom stereocenters. The van der Waals surface area contributed by atoms with Crippen LogP contribution < -0.4 is 0 Å². The summed E-state index contributed by atoms with van der Waals surface area (Å²) in [5.41, 5.74) is -0.169. The van der Waals surface area contributed by atoms with Gasteiger partial charge >= 0.3 is 23.9 Å². The van der Waals surface area contributed by atoms with Crippen molar-refractivity contribution in [3.05, 3.63) is 85.6 Å². The van der Waals surface area contributed by atoms with Crippen molar-refractivity contribution in [2.45, 2.75) is 19.1 Å². The minimum Gasteiger partial charge on any atom is -0.478 e. The maximum Gasteiger partial charge on any atom is 0.349 e. The highest BCUT2D eigenvalue weighted by Gasteiger charge is 2.41. The molecule has 8 heteroatoms. The molecule has 0 aliphatic rings. The number of aliphatic carboxylic acids is 2. The summed E-state index contributed by atoms with van der Waals surface area (Å²) in [6.45, 7) is 11.8. The van der Waals surface area contributed by atoms with Gasteiger partial charge in [-0.05, 0) is 25.2 Å². The minimum absolute atomic E-state index is 0.0484. The van der Waals surface area contributed by atoms with Crippen molar-refractivity contribution in [3.63, 3.8) is 0 Å². The van der Waals surface area contributed by atoms with Crippen molar-refractivity contribution in [1.29, 1.82) is 0 Å². The van der Waals surface area contributed by atoms with Gasteiger partial charge in [-0.2, -0.15) is 0 Å². The van der Waals surface area contributed by atoms with E-state index in [9.17, 15) is 29.4 Å². The standard InChI is InChI=1S/C21H22O8/c1-5-9-12-14(8-4)20(26)28-16(18(22)23)17(19(24)25)29-21(27)15(11-7-3)13-10-6-2/h5-13,16-17H,1-3H2,4H3,(H,22,23)(H,24,25)/b12-9-,13-10-,14-8+,15-11+. The molecule has 29 heavy (non-hydrogen) atoms. The lowest BCUT2D eigenvalue weighted by Crippen LogP contribution is -2.46. The van der Waals surface area contributed by atoms with Crippen molar-refractivity contribution in [2.24, 2.45) is 0 Å². The van der Waals surface area contributed by atoms with Gasteiger partial charge in [0.05, 0.1) is 11.1 Å². The first-order valence-corrected chi connectivity index (χ1v) is 8.18. The molecule has 0 bridgehead atoms. The van der Waals surface area contributed by atoms with Crippen LogP contribution in [0.2, 0.25) is 0 Å². The number of carboxylic acids is 2. The number of carboxylic acid groups (broad SMARTS) is 2. The van der Waals surface area contributed by atoms with Crippen molar-refractivity contribution >= 4 is 23.9 Å². The normalized spacial score (nSPS) is 14.1. The van der Waals surface area contributed by atoms with E-state index in [2.05, 4.69) is 19.7 Å². The Morgan fingerprint density at radius 1 is 0.759 bits per heavy atom. The van der Waals surface area contributed by atoms with Crippen LogP contribution in [0.5, 0.6) is 0 Å². The molecule has 2 unspecified atom stereocenters. The lowest BCUT2D eigenvalue weighted by Gasteiger charge is -2.21. The number of allylic oxidation sites excluding steroid dienone is 7. The quantitative estimate of drug-likeness (QED) is 0.290. The van der Waals surface area contributed by atoms with E-state index >= 15 is 0 Å². The van der Waals surface area contributed by atoms with E-state index < -0.39 is 36.1 Å². The highest BCUT2D eigenvalue weighted by molar-refractivity contribution is 5.96. The first-order valence-electron chi connectivity index (χ1n) is 8.18. The zero-order chi connectivity index (χ0) is 22.4. The van der Waals surface area contributed by atoms with Gasteiger partial charge in [-0.15, -0.1) is 0 Å². The molecule has 0 aromatic heterocycles. The van der Waals surface area contributed by atoms with Crippen LogP contribution in [-0.4, -0.2) is 46.3 Å². The number of hydrogen-bond acceptors (Lipinski definition) is 6. The maximum atomic E-state index is 12.2. The Hall–Kier alpha value is -3.94. The zero-order valence-electron chi connectivity index (χ0n) is 15.8. The number of rotatable bonds is 12. The molecule has 0 amide bonds. The fourth-order valence-electron chi connectivity index (χ4n) is 1.79. The molecule has 0 saturated carbocycles. The number of hydrogen-bond donors (Lipinski definition) is 2. The predicted octanol–water partition coefficient (Wildman–Crippen LogP) is 2.52. The Labute approximate surface area is 168 Å². The smallest absolute Gasteiger partial charge is 0.349 e. The summed E-state index contributed by atoms with van der Waals surface area (Å²) in [5.74, 6) is -5.89. The summed E-state index contributed by atoms with van der Waals surface area (Å²) in [7, 11) is 0. The highest BCUT2D eigenvalue weighted by Crippen LogP contribution is 2.13. The van der Waals surface area contributed by atoms with E-state index in [1.165, 1.54) is 61.6 Å². The van der Waals surface area contributed by atoms with Crippen LogP contribution in [0.25, 0.3) is 0 Å². The summed E-state index contributed by atoms with van der Waals surface area (Å²) in [5, 5.41) is 18.7. The van der Waals surface area contributed by atoms with Gasteiger partial charge in [-0.25, -0.2) is 19.2 Å². The zero-order valence-corrected chi connectivity index (χ0v) is 15.8. The third-order valence-corrected chi connectivity index (χ3v) is 3.13. The van der Waals surface area contributed by atoms with Crippen LogP contribution in [-0.2, 0) is 28.7 Å². The molecule has 0 fully saturated rings. The molecule has 2 N–H and O–H groups in total. The first-order chi connectivity index (χ1) is 13.7. The van der Waals surface area contributed by atoms with Gasteiger partial charge in [0.25, 0.3) is 0 Å². The lowest BCUT2D eigenvalue weighted by molar-refractivity contribution is -0.184. The van der Waals surface area contributed by atoms with Gasteiger partial charge in [0.15, 0.2) is 0 Å². The maximum absolute atomic E-state index is 12.2. The van der Waals surface area contributed by atoms with Gasteiger partial charge in [0, 0.05) is 0 Å². The van der Waals surface area contributed by atoms with Crippen molar-refractivity contribution < 1.29 is 38.9 Å². The Kier molecular flexibility index (Phi) is 11.5.